The number of fused-ring (bicyclic) bond motifs is 1. The molecule has 0 unspecified atom stereocenters. The molecule has 0 bridgehead atoms. The molecule has 0 saturated carbocycles. The van der Waals surface area contributed by atoms with Gasteiger partial charge in [0.1, 0.15) is 17.2 Å². The first kappa shape index (κ1) is 18.7. The maximum absolute atomic E-state index is 12.6. The Bertz CT molecular complexity index is 1260. The van der Waals surface area contributed by atoms with Crippen molar-refractivity contribution >= 4 is 22.6 Å². The Morgan fingerprint density at radius 1 is 1.15 bits per heavy atom. The van der Waals surface area contributed by atoms with E-state index in [4.69, 9.17) is 21.3 Å². The summed E-state index contributed by atoms with van der Waals surface area (Å²) < 4.78 is 7.47. The standard InChI is InChI=1S/C19H16ClN3O4/c1-3-11-5-16-14(7-15(11)20)12(6-17(24)27-16)10-23-18(25)13(8-21)9-22(4-2)19(23)26/h5-7,9H,3-4,10H2,1-2H3. The molecule has 0 aliphatic rings. The van der Waals surface area contributed by atoms with E-state index in [0.717, 1.165) is 10.1 Å². The molecular formula is C19H16ClN3O4. The highest BCUT2D eigenvalue weighted by Crippen LogP contribution is 2.26. The first-order valence-corrected chi connectivity index (χ1v) is 8.76. The van der Waals surface area contributed by atoms with Crippen LogP contribution in [0.25, 0.3) is 11.0 Å². The monoisotopic (exact) mass is 385 g/mol. The van der Waals surface area contributed by atoms with E-state index in [9.17, 15) is 14.4 Å². The molecule has 3 rings (SSSR count). The number of halogens is 1. The fourth-order valence-corrected chi connectivity index (χ4v) is 3.25. The van der Waals surface area contributed by atoms with Crippen LogP contribution in [0.15, 0.2) is 43.2 Å². The van der Waals surface area contributed by atoms with Crippen molar-refractivity contribution in [2.45, 2.75) is 33.4 Å². The van der Waals surface area contributed by atoms with Crippen molar-refractivity contribution in [1.82, 2.24) is 9.13 Å². The summed E-state index contributed by atoms with van der Waals surface area (Å²) in [6.45, 7) is 3.79. The molecule has 138 valence electrons. The van der Waals surface area contributed by atoms with Crippen LogP contribution < -0.4 is 16.9 Å². The minimum atomic E-state index is -0.704. The number of hydrogen-bond donors (Lipinski definition) is 0. The Balaban J connectivity index is 2.29. The van der Waals surface area contributed by atoms with Gasteiger partial charge in [0.05, 0.1) is 6.54 Å². The number of nitriles is 1. The second-order valence-electron chi connectivity index (χ2n) is 6.00. The van der Waals surface area contributed by atoms with Gasteiger partial charge in [0.2, 0.25) is 0 Å². The van der Waals surface area contributed by atoms with E-state index >= 15 is 0 Å². The van der Waals surface area contributed by atoms with Crippen molar-refractivity contribution in [3.8, 4) is 6.07 Å². The molecule has 0 amide bonds. The Morgan fingerprint density at radius 3 is 2.52 bits per heavy atom. The van der Waals surface area contributed by atoms with Gasteiger partial charge in [-0.1, -0.05) is 18.5 Å². The SMILES string of the molecule is CCc1cc2oc(=O)cc(Cn3c(=O)c(C#N)cn(CC)c3=O)c2cc1Cl. The quantitative estimate of drug-likeness (QED) is 0.641. The van der Waals surface area contributed by atoms with Crippen LogP contribution in [0.5, 0.6) is 0 Å². The van der Waals surface area contributed by atoms with Crippen LogP contribution in [-0.4, -0.2) is 9.13 Å². The van der Waals surface area contributed by atoms with Crippen molar-refractivity contribution in [3.05, 3.63) is 77.4 Å². The lowest BCUT2D eigenvalue weighted by molar-refractivity contribution is 0.553. The van der Waals surface area contributed by atoms with Crippen molar-refractivity contribution in [1.29, 1.82) is 5.26 Å². The molecule has 7 nitrogen and oxygen atoms in total. The summed E-state index contributed by atoms with van der Waals surface area (Å²) in [6.07, 6.45) is 1.90. The average Bonchev–Trinajstić information content (AvgIpc) is 2.65. The van der Waals surface area contributed by atoms with Gasteiger partial charge in [-0.25, -0.2) is 9.59 Å². The summed E-state index contributed by atoms with van der Waals surface area (Å²) in [5, 5.41) is 10.2. The highest BCUT2D eigenvalue weighted by atomic mass is 35.5. The molecule has 0 N–H and O–H groups in total. The van der Waals surface area contributed by atoms with Crippen molar-refractivity contribution in [2.75, 3.05) is 0 Å². The number of aromatic nitrogens is 2. The van der Waals surface area contributed by atoms with Crippen LogP contribution in [0.2, 0.25) is 5.02 Å². The molecule has 0 fully saturated rings. The van der Waals surface area contributed by atoms with E-state index in [1.165, 1.54) is 16.8 Å². The number of rotatable bonds is 4. The minimum absolute atomic E-state index is 0.143. The molecule has 27 heavy (non-hydrogen) atoms. The van der Waals surface area contributed by atoms with E-state index in [2.05, 4.69) is 0 Å². The molecule has 2 heterocycles. The third kappa shape index (κ3) is 3.32. The summed E-state index contributed by atoms with van der Waals surface area (Å²) in [6, 6.07) is 6.37. The largest absolute Gasteiger partial charge is 0.423 e. The Labute approximate surface area is 158 Å². The zero-order valence-electron chi connectivity index (χ0n) is 14.8. The zero-order valence-corrected chi connectivity index (χ0v) is 15.5. The van der Waals surface area contributed by atoms with Gasteiger partial charge < -0.3 is 4.42 Å². The highest BCUT2D eigenvalue weighted by molar-refractivity contribution is 6.32. The summed E-state index contributed by atoms with van der Waals surface area (Å²) >= 11 is 6.28. The van der Waals surface area contributed by atoms with E-state index in [-0.39, 0.29) is 12.1 Å². The van der Waals surface area contributed by atoms with Gasteiger partial charge in [-0.05, 0) is 36.6 Å². The molecule has 0 saturated heterocycles. The fourth-order valence-electron chi connectivity index (χ4n) is 2.96. The van der Waals surface area contributed by atoms with E-state index in [1.54, 1.807) is 25.1 Å². The summed E-state index contributed by atoms with van der Waals surface area (Å²) in [7, 11) is 0. The van der Waals surface area contributed by atoms with Crippen LogP contribution in [-0.2, 0) is 19.5 Å². The van der Waals surface area contributed by atoms with E-state index < -0.39 is 16.9 Å². The van der Waals surface area contributed by atoms with Crippen molar-refractivity contribution in [3.63, 3.8) is 0 Å². The summed E-state index contributed by atoms with van der Waals surface area (Å²) in [5.74, 6) is 0. The lowest BCUT2D eigenvalue weighted by Crippen LogP contribution is -2.41. The van der Waals surface area contributed by atoms with Crippen LogP contribution in [0.1, 0.15) is 30.5 Å². The Hall–Kier alpha value is -3.11. The molecule has 8 heteroatoms. The van der Waals surface area contributed by atoms with E-state index in [0.29, 0.717) is 34.5 Å². The first-order valence-electron chi connectivity index (χ1n) is 8.39. The first-order chi connectivity index (χ1) is 12.9. The molecule has 1 aromatic carbocycles. The maximum Gasteiger partial charge on any atom is 0.336 e. The molecule has 3 aromatic rings. The second kappa shape index (κ2) is 7.25. The average molecular weight is 386 g/mol. The normalized spacial score (nSPS) is 10.9. The smallest absolute Gasteiger partial charge is 0.336 e. The number of aryl methyl sites for hydroxylation is 2. The maximum atomic E-state index is 12.6. The third-order valence-corrected chi connectivity index (χ3v) is 4.76. The molecule has 0 aliphatic heterocycles. The number of hydrogen-bond acceptors (Lipinski definition) is 5. The van der Waals surface area contributed by atoms with Crippen LogP contribution in [0.4, 0.5) is 0 Å². The van der Waals surface area contributed by atoms with Gasteiger partial charge in [0, 0.05) is 29.2 Å². The Kier molecular flexibility index (Phi) is 5.02. The van der Waals surface area contributed by atoms with Crippen LogP contribution in [0.3, 0.4) is 0 Å². The lowest BCUT2D eigenvalue weighted by atomic mass is 10.1. The lowest BCUT2D eigenvalue weighted by Gasteiger charge is -2.12. The summed E-state index contributed by atoms with van der Waals surface area (Å²) in [4.78, 5) is 37.0. The van der Waals surface area contributed by atoms with Gasteiger partial charge in [-0.2, -0.15) is 5.26 Å². The topological polar surface area (TPSA) is 98.0 Å². The highest BCUT2D eigenvalue weighted by Gasteiger charge is 2.15. The molecule has 0 aliphatic carbocycles. The Morgan fingerprint density at radius 2 is 1.89 bits per heavy atom. The number of nitrogens with zero attached hydrogens (tertiary/aromatic N) is 3. The molecule has 0 radical (unpaired) electrons. The molecule has 0 spiro atoms. The fraction of sp³-hybridized carbons (Fsp3) is 0.263. The van der Waals surface area contributed by atoms with Crippen molar-refractivity contribution < 1.29 is 4.42 Å². The van der Waals surface area contributed by atoms with Gasteiger partial charge in [0.15, 0.2) is 0 Å². The predicted octanol–water partition coefficient (Wildman–Crippen LogP) is 2.27. The van der Waals surface area contributed by atoms with Crippen molar-refractivity contribution in [2.24, 2.45) is 0 Å². The van der Waals surface area contributed by atoms with Gasteiger partial charge in [-0.3, -0.25) is 13.9 Å². The zero-order chi connectivity index (χ0) is 19.7. The van der Waals surface area contributed by atoms with Crippen LogP contribution >= 0.6 is 11.6 Å². The van der Waals surface area contributed by atoms with Crippen LogP contribution in [0, 0.1) is 11.3 Å². The number of benzene rings is 1. The molecule has 2 aromatic heterocycles. The molecule has 0 atom stereocenters. The van der Waals surface area contributed by atoms with Gasteiger partial charge in [0.25, 0.3) is 5.56 Å². The predicted molar refractivity (Wildman–Crippen MR) is 101 cm³/mol. The summed E-state index contributed by atoms with van der Waals surface area (Å²) in [5.41, 5.74) is -0.426. The molecular weight excluding hydrogens is 370 g/mol. The van der Waals surface area contributed by atoms with E-state index in [1.807, 2.05) is 6.92 Å². The second-order valence-corrected chi connectivity index (χ2v) is 6.41. The van der Waals surface area contributed by atoms with Gasteiger partial charge in [-0.15, -0.1) is 0 Å². The van der Waals surface area contributed by atoms with Gasteiger partial charge >= 0.3 is 11.3 Å². The third-order valence-electron chi connectivity index (χ3n) is 4.40. The minimum Gasteiger partial charge on any atom is -0.423 e.